The van der Waals surface area contributed by atoms with E-state index < -0.39 is 29.9 Å². The van der Waals surface area contributed by atoms with Gasteiger partial charge in [0.1, 0.15) is 11.8 Å². The maximum atomic E-state index is 13.8. The molecular formula is C16H20FNO4. The van der Waals surface area contributed by atoms with Crippen LogP contribution < -0.4 is 0 Å². The molecule has 0 saturated carbocycles. The molecule has 0 bridgehead atoms. The van der Waals surface area contributed by atoms with Crippen LogP contribution in [0.1, 0.15) is 49.2 Å². The first-order valence-corrected chi connectivity index (χ1v) is 7.14. The molecule has 1 amide bonds. The third kappa shape index (κ3) is 3.75. The fourth-order valence-corrected chi connectivity index (χ4v) is 2.47. The highest BCUT2D eigenvalue weighted by molar-refractivity contribution is 5.87. The van der Waals surface area contributed by atoms with Crippen LogP contribution in [0.5, 0.6) is 0 Å². The number of likely N-dealkylation sites (tertiary alicyclic amines) is 1. The van der Waals surface area contributed by atoms with Crippen LogP contribution in [0.3, 0.4) is 0 Å². The number of amides is 1. The van der Waals surface area contributed by atoms with Gasteiger partial charge in [-0.05, 0) is 38.5 Å². The van der Waals surface area contributed by atoms with Gasteiger partial charge in [-0.1, -0.05) is 12.1 Å². The normalized spacial score (nSPS) is 21.7. The number of ether oxygens (including phenoxy) is 1. The third-order valence-corrected chi connectivity index (χ3v) is 3.42. The lowest BCUT2D eigenvalue weighted by atomic mass is 10.0. The summed E-state index contributed by atoms with van der Waals surface area (Å²) in [5.74, 6) is -1.02. The first-order valence-electron chi connectivity index (χ1n) is 7.14. The lowest BCUT2D eigenvalue weighted by molar-refractivity contribution is 0.0216. The number of aromatic carboxylic acids is 1. The summed E-state index contributed by atoms with van der Waals surface area (Å²) in [6, 6.07) is 5.70. The van der Waals surface area contributed by atoms with Crippen LogP contribution in [0.25, 0.3) is 0 Å². The number of rotatable bonds is 2. The van der Waals surface area contributed by atoms with Crippen molar-refractivity contribution < 1.29 is 23.8 Å². The standard InChI is InChI=1S/C16H20FNO4/c1-16(2,3)22-15(21)18-9-12(17)8-13(18)10-4-6-11(7-5-10)14(19)20/h4-7,12-13H,8-9H2,1-3H3,(H,19,20). The highest BCUT2D eigenvalue weighted by atomic mass is 19.1. The van der Waals surface area contributed by atoms with Crippen LogP contribution in [0.4, 0.5) is 9.18 Å². The minimum atomic E-state index is -1.11. The van der Waals surface area contributed by atoms with Gasteiger partial charge in [0.05, 0.1) is 18.2 Å². The van der Waals surface area contributed by atoms with Crippen LogP contribution >= 0.6 is 0 Å². The molecule has 1 heterocycles. The molecule has 1 saturated heterocycles. The summed E-state index contributed by atoms with van der Waals surface area (Å²) in [6.07, 6.45) is -1.48. The van der Waals surface area contributed by atoms with Crippen molar-refractivity contribution in [2.24, 2.45) is 0 Å². The molecular weight excluding hydrogens is 289 g/mol. The first kappa shape index (κ1) is 16.3. The molecule has 2 atom stereocenters. The van der Waals surface area contributed by atoms with Gasteiger partial charge in [0.15, 0.2) is 0 Å². The van der Waals surface area contributed by atoms with Crippen molar-refractivity contribution in [3.8, 4) is 0 Å². The summed E-state index contributed by atoms with van der Waals surface area (Å²) >= 11 is 0. The zero-order valence-electron chi connectivity index (χ0n) is 12.9. The summed E-state index contributed by atoms with van der Waals surface area (Å²) in [5, 5.41) is 8.91. The molecule has 1 aromatic rings. The van der Waals surface area contributed by atoms with Crippen molar-refractivity contribution in [1.82, 2.24) is 4.90 Å². The van der Waals surface area contributed by atoms with Gasteiger partial charge < -0.3 is 9.84 Å². The molecule has 1 fully saturated rings. The Kier molecular flexibility index (Phi) is 4.39. The third-order valence-electron chi connectivity index (χ3n) is 3.42. The molecule has 2 unspecified atom stereocenters. The molecule has 2 rings (SSSR count). The fraction of sp³-hybridized carbons (Fsp3) is 0.500. The van der Waals surface area contributed by atoms with Crippen LogP contribution in [0.15, 0.2) is 24.3 Å². The Morgan fingerprint density at radius 3 is 2.36 bits per heavy atom. The van der Waals surface area contributed by atoms with Crippen molar-refractivity contribution in [2.75, 3.05) is 6.54 Å². The van der Waals surface area contributed by atoms with Gasteiger partial charge in [-0.15, -0.1) is 0 Å². The predicted octanol–water partition coefficient (Wildman–Crippen LogP) is 3.40. The molecule has 1 aliphatic rings. The van der Waals surface area contributed by atoms with Crippen molar-refractivity contribution in [1.29, 1.82) is 0 Å². The number of hydrogen-bond donors (Lipinski definition) is 1. The number of carboxylic acid groups (broad SMARTS) is 1. The van der Waals surface area contributed by atoms with E-state index in [1.54, 1.807) is 32.9 Å². The molecule has 0 radical (unpaired) electrons. The van der Waals surface area contributed by atoms with E-state index in [0.717, 1.165) is 0 Å². The molecule has 0 spiro atoms. The lowest BCUT2D eigenvalue weighted by Gasteiger charge is -2.28. The lowest BCUT2D eigenvalue weighted by Crippen LogP contribution is -2.37. The van der Waals surface area contributed by atoms with Gasteiger partial charge in [0.2, 0.25) is 0 Å². The van der Waals surface area contributed by atoms with E-state index in [-0.39, 0.29) is 18.5 Å². The van der Waals surface area contributed by atoms with Crippen LogP contribution in [-0.4, -0.2) is 40.4 Å². The topological polar surface area (TPSA) is 66.8 Å². The Morgan fingerprint density at radius 2 is 1.86 bits per heavy atom. The molecule has 0 aliphatic carbocycles. The maximum absolute atomic E-state index is 13.8. The maximum Gasteiger partial charge on any atom is 0.410 e. The van der Waals surface area contributed by atoms with Crippen molar-refractivity contribution >= 4 is 12.1 Å². The summed E-state index contributed by atoms with van der Waals surface area (Å²) in [4.78, 5) is 24.4. The molecule has 0 aromatic heterocycles. The van der Waals surface area contributed by atoms with Crippen LogP contribution in [0, 0.1) is 0 Å². The summed E-state index contributed by atoms with van der Waals surface area (Å²) < 4.78 is 19.1. The number of carbonyl (C=O) groups is 2. The number of hydrogen-bond acceptors (Lipinski definition) is 3. The summed E-state index contributed by atoms with van der Waals surface area (Å²) in [5.41, 5.74) is 0.210. The second-order valence-corrected chi connectivity index (χ2v) is 6.41. The molecule has 1 aromatic carbocycles. The van der Waals surface area contributed by atoms with Crippen LogP contribution in [0.2, 0.25) is 0 Å². The smallest absolute Gasteiger partial charge is 0.410 e. The van der Waals surface area contributed by atoms with E-state index in [1.165, 1.54) is 17.0 Å². The number of carbonyl (C=O) groups excluding carboxylic acids is 1. The van der Waals surface area contributed by atoms with E-state index in [4.69, 9.17) is 9.84 Å². The zero-order chi connectivity index (χ0) is 16.5. The molecule has 1 aliphatic heterocycles. The van der Waals surface area contributed by atoms with E-state index in [9.17, 15) is 14.0 Å². The van der Waals surface area contributed by atoms with Gasteiger partial charge in [-0.2, -0.15) is 0 Å². The number of alkyl halides is 1. The average molecular weight is 309 g/mol. The Hall–Kier alpha value is -2.11. The van der Waals surface area contributed by atoms with Crippen molar-refractivity contribution in [3.05, 3.63) is 35.4 Å². The highest BCUT2D eigenvalue weighted by Gasteiger charge is 2.38. The number of benzene rings is 1. The van der Waals surface area contributed by atoms with E-state index in [2.05, 4.69) is 0 Å². The molecule has 6 heteroatoms. The van der Waals surface area contributed by atoms with Crippen LogP contribution in [-0.2, 0) is 4.74 Å². The van der Waals surface area contributed by atoms with Gasteiger partial charge in [-0.3, -0.25) is 4.90 Å². The quantitative estimate of drug-likeness (QED) is 0.909. The summed E-state index contributed by atoms with van der Waals surface area (Å²) in [6.45, 7) is 5.25. The Morgan fingerprint density at radius 1 is 1.27 bits per heavy atom. The Balaban J connectivity index is 2.20. The van der Waals surface area contributed by atoms with E-state index in [0.29, 0.717) is 5.56 Å². The minimum Gasteiger partial charge on any atom is -0.478 e. The Bertz CT molecular complexity index is 565. The number of nitrogens with zero attached hydrogens (tertiary/aromatic N) is 1. The number of carboxylic acids is 1. The van der Waals surface area contributed by atoms with E-state index in [1.807, 2.05) is 0 Å². The van der Waals surface area contributed by atoms with Gasteiger partial charge >= 0.3 is 12.1 Å². The Labute approximate surface area is 128 Å². The largest absolute Gasteiger partial charge is 0.478 e. The molecule has 22 heavy (non-hydrogen) atoms. The molecule has 1 N–H and O–H groups in total. The van der Waals surface area contributed by atoms with Crippen molar-refractivity contribution in [3.63, 3.8) is 0 Å². The SMILES string of the molecule is CC(C)(C)OC(=O)N1CC(F)CC1c1ccc(C(=O)O)cc1. The van der Waals surface area contributed by atoms with Gasteiger partial charge in [0, 0.05) is 6.42 Å². The van der Waals surface area contributed by atoms with E-state index >= 15 is 0 Å². The predicted molar refractivity (Wildman–Crippen MR) is 78.6 cm³/mol. The molecule has 5 nitrogen and oxygen atoms in total. The fourth-order valence-electron chi connectivity index (χ4n) is 2.47. The zero-order valence-corrected chi connectivity index (χ0v) is 12.9. The number of halogens is 1. The molecule has 120 valence electrons. The van der Waals surface area contributed by atoms with Gasteiger partial charge in [0.25, 0.3) is 0 Å². The second-order valence-electron chi connectivity index (χ2n) is 6.41. The second kappa shape index (κ2) is 5.94. The minimum absolute atomic E-state index is 0.0136. The highest BCUT2D eigenvalue weighted by Crippen LogP contribution is 2.34. The average Bonchev–Trinajstić information content (AvgIpc) is 2.79. The first-order chi connectivity index (χ1) is 10.2. The van der Waals surface area contributed by atoms with Crippen molar-refractivity contribution in [2.45, 2.75) is 45.0 Å². The summed E-state index contributed by atoms with van der Waals surface area (Å²) in [7, 11) is 0. The monoisotopic (exact) mass is 309 g/mol. The van der Waals surface area contributed by atoms with Gasteiger partial charge in [-0.25, -0.2) is 14.0 Å².